The minimum absolute atomic E-state index is 0.428. The van der Waals surface area contributed by atoms with Crippen molar-refractivity contribution in [1.29, 1.82) is 0 Å². The van der Waals surface area contributed by atoms with Crippen molar-refractivity contribution in [3.05, 3.63) is 0 Å². The van der Waals surface area contributed by atoms with Gasteiger partial charge >= 0.3 is 11.9 Å². The molecule has 0 fully saturated rings. The van der Waals surface area contributed by atoms with E-state index in [0.29, 0.717) is 19.3 Å². The third-order valence-corrected chi connectivity index (χ3v) is 2.28. The largest absolute Gasteiger partial charge is 0.480 e. The van der Waals surface area contributed by atoms with Crippen LogP contribution in [0.15, 0.2) is 0 Å². The maximum Gasteiger partial charge on any atom is 0.320 e. The van der Waals surface area contributed by atoms with Gasteiger partial charge in [0.1, 0.15) is 12.1 Å². The number of hydrogen-bond donors (Lipinski definition) is 4. The molecule has 0 aromatic rings. The smallest absolute Gasteiger partial charge is 0.320 e. The van der Waals surface area contributed by atoms with Crippen molar-refractivity contribution in [3.63, 3.8) is 0 Å². The second-order valence-corrected chi connectivity index (χ2v) is 3.29. The third kappa shape index (κ3) is 5.34. The molecule has 0 saturated heterocycles. The highest BCUT2D eigenvalue weighted by atomic mass is 16.4. The molecule has 0 rings (SSSR count). The van der Waals surface area contributed by atoms with Gasteiger partial charge < -0.3 is 20.8 Å². The minimum Gasteiger partial charge on any atom is -0.480 e. The highest BCUT2D eigenvalue weighted by Gasteiger charge is 2.18. The van der Waals surface area contributed by atoms with Crippen molar-refractivity contribution in [2.75, 3.05) is 14.1 Å². The molecule has 0 spiro atoms. The van der Waals surface area contributed by atoms with Crippen LogP contribution in [0, 0.1) is 0 Å². The lowest BCUT2D eigenvalue weighted by Gasteiger charge is -2.13. The fourth-order valence-electron chi connectivity index (χ4n) is 1.31. The van der Waals surface area contributed by atoms with Crippen molar-refractivity contribution in [1.82, 2.24) is 10.6 Å². The Morgan fingerprint density at radius 1 is 1.00 bits per heavy atom. The molecule has 4 N–H and O–H groups in total. The molecule has 88 valence electrons. The highest BCUT2D eigenvalue weighted by molar-refractivity contribution is 5.74. The number of carboxylic acid groups (broad SMARTS) is 2. The van der Waals surface area contributed by atoms with Crippen LogP contribution in [0.1, 0.15) is 19.3 Å². The molecule has 2 unspecified atom stereocenters. The molecule has 0 aliphatic rings. The zero-order valence-corrected chi connectivity index (χ0v) is 8.99. The van der Waals surface area contributed by atoms with E-state index in [-0.39, 0.29) is 0 Å². The number of carboxylic acids is 2. The molecule has 0 saturated carbocycles. The molecule has 0 aliphatic carbocycles. The summed E-state index contributed by atoms with van der Waals surface area (Å²) < 4.78 is 0. The molecular formula is C9H18N2O4. The maximum absolute atomic E-state index is 10.6. The normalized spacial score (nSPS) is 14.5. The van der Waals surface area contributed by atoms with Gasteiger partial charge in [0, 0.05) is 0 Å². The van der Waals surface area contributed by atoms with Crippen LogP contribution < -0.4 is 10.6 Å². The Hall–Kier alpha value is -1.14. The monoisotopic (exact) mass is 218 g/mol. The first-order chi connectivity index (χ1) is 7.02. The number of carbonyl (C=O) groups is 2. The average Bonchev–Trinajstić information content (AvgIpc) is 2.17. The molecule has 0 aromatic heterocycles. The molecule has 0 amide bonds. The molecule has 15 heavy (non-hydrogen) atoms. The summed E-state index contributed by atoms with van der Waals surface area (Å²) in [5.41, 5.74) is 0. The summed E-state index contributed by atoms with van der Waals surface area (Å²) in [6.45, 7) is 0. The Morgan fingerprint density at radius 2 is 1.33 bits per heavy atom. The molecule has 0 aromatic carbocycles. The number of rotatable bonds is 8. The van der Waals surface area contributed by atoms with Gasteiger partial charge in [-0.3, -0.25) is 9.59 Å². The lowest BCUT2D eigenvalue weighted by Crippen LogP contribution is -2.36. The Kier molecular flexibility index (Phi) is 6.64. The summed E-state index contributed by atoms with van der Waals surface area (Å²) in [7, 11) is 3.15. The maximum atomic E-state index is 10.6. The van der Waals surface area contributed by atoms with Crippen LogP contribution in [0.4, 0.5) is 0 Å². The second-order valence-electron chi connectivity index (χ2n) is 3.29. The molecule has 0 radical (unpaired) electrons. The van der Waals surface area contributed by atoms with Gasteiger partial charge in [-0.1, -0.05) is 0 Å². The minimum atomic E-state index is -0.908. The zero-order valence-electron chi connectivity index (χ0n) is 8.99. The van der Waals surface area contributed by atoms with Gasteiger partial charge in [0.2, 0.25) is 0 Å². The molecule has 0 aliphatic heterocycles. The van der Waals surface area contributed by atoms with E-state index in [0.717, 1.165) is 0 Å². The molecular weight excluding hydrogens is 200 g/mol. The van der Waals surface area contributed by atoms with Crippen LogP contribution in [0.3, 0.4) is 0 Å². The lowest BCUT2D eigenvalue weighted by molar-refractivity contribution is -0.139. The van der Waals surface area contributed by atoms with E-state index in [1.807, 2.05) is 0 Å². The van der Waals surface area contributed by atoms with Crippen LogP contribution in [-0.4, -0.2) is 48.3 Å². The number of nitrogens with one attached hydrogen (secondary N) is 2. The number of aliphatic carboxylic acids is 2. The molecule has 0 bridgehead atoms. The topological polar surface area (TPSA) is 98.7 Å². The fourth-order valence-corrected chi connectivity index (χ4v) is 1.31. The van der Waals surface area contributed by atoms with Gasteiger partial charge in [-0.2, -0.15) is 0 Å². The van der Waals surface area contributed by atoms with E-state index >= 15 is 0 Å². The van der Waals surface area contributed by atoms with Gasteiger partial charge in [0.15, 0.2) is 0 Å². The van der Waals surface area contributed by atoms with Gasteiger partial charge in [0.25, 0.3) is 0 Å². The first-order valence-electron chi connectivity index (χ1n) is 4.83. The van der Waals surface area contributed by atoms with E-state index in [9.17, 15) is 9.59 Å². The van der Waals surface area contributed by atoms with Crippen molar-refractivity contribution >= 4 is 11.9 Å². The van der Waals surface area contributed by atoms with Crippen molar-refractivity contribution < 1.29 is 19.8 Å². The van der Waals surface area contributed by atoms with Crippen LogP contribution in [0.2, 0.25) is 0 Å². The first kappa shape index (κ1) is 13.9. The van der Waals surface area contributed by atoms with Gasteiger partial charge in [0.05, 0.1) is 0 Å². The summed E-state index contributed by atoms with van der Waals surface area (Å²) in [6, 6.07) is -1.20. The van der Waals surface area contributed by atoms with Gasteiger partial charge in [-0.15, -0.1) is 0 Å². The fraction of sp³-hybridized carbons (Fsp3) is 0.778. The third-order valence-electron chi connectivity index (χ3n) is 2.28. The number of likely N-dealkylation sites (N-methyl/N-ethyl adjacent to an activating group) is 2. The van der Waals surface area contributed by atoms with Crippen molar-refractivity contribution in [2.24, 2.45) is 0 Å². The average molecular weight is 218 g/mol. The predicted molar refractivity (Wildman–Crippen MR) is 54.8 cm³/mol. The molecule has 6 nitrogen and oxygen atoms in total. The van der Waals surface area contributed by atoms with Gasteiger partial charge in [-0.05, 0) is 33.4 Å². The van der Waals surface area contributed by atoms with Crippen LogP contribution >= 0.6 is 0 Å². The Labute approximate surface area is 88.7 Å². The molecule has 6 heteroatoms. The van der Waals surface area contributed by atoms with E-state index in [4.69, 9.17) is 10.2 Å². The molecule has 2 atom stereocenters. The van der Waals surface area contributed by atoms with E-state index in [2.05, 4.69) is 10.6 Å². The van der Waals surface area contributed by atoms with Crippen LogP contribution in [-0.2, 0) is 9.59 Å². The summed E-state index contributed by atoms with van der Waals surface area (Å²) in [5, 5.41) is 22.7. The summed E-state index contributed by atoms with van der Waals surface area (Å²) >= 11 is 0. The molecule has 0 heterocycles. The van der Waals surface area contributed by atoms with Crippen LogP contribution in [0.5, 0.6) is 0 Å². The summed E-state index contributed by atoms with van der Waals surface area (Å²) in [4.78, 5) is 21.2. The summed E-state index contributed by atoms with van der Waals surface area (Å²) in [6.07, 6.45) is 1.41. The SMILES string of the molecule is CNC(CCCC(NC)C(=O)O)C(=O)O. The van der Waals surface area contributed by atoms with E-state index < -0.39 is 24.0 Å². The first-order valence-corrected chi connectivity index (χ1v) is 4.83. The second kappa shape index (κ2) is 7.19. The lowest BCUT2D eigenvalue weighted by atomic mass is 10.1. The highest BCUT2D eigenvalue weighted by Crippen LogP contribution is 2.04. The van der Waals surface area contributed by atoms with Crippen molar-refractivity contribution in [3.8, 4) is 0 Å². The Morgan fingerprint density at radius 3 is 1.53 bits per heavy atom. The van der Waals surface area contributed by atoms with E-state index in [1.54, 1.807) is 14.1 Å². The standard InChI is InChI=1S/C9H18N2O4/c1-10-6(8(12)13)4-3-5-7(11-2)9(14)15/h6-7,10-11H,3-5H2,1-2H3,(H,12,13)(H,14,15). The van der Waals surface area contributed by atoms with Crippen LogP contribution in [0.25, 0.3) is 0 Å². The quantitative estimate of drug-likeness (QED) is 0.438. The van der Waals surface area contributed by atoms with Gasteiger partial charge in [-0.25, -0.2) is 0 Å². The summed E-state index contributed by atoms with van der Waals surface area (Å²) in [5.74, 6) is -1.82. The zero-order chi connectivity index (χ0) is 11.8. The van der Waals surface area contributed by atoms with E-state index in [1.165, 1.54) is 0 Å². The number of hydrogen-bond acceptors (Lipinski definition) is 4. The van der Waals surface area contributed by atoms with Crippen molar-refractivity contribution in [2.45, 2.75) is 31.3 Å². The Bertz CT molecular complexity index is 198. The Balaban J connectivity index is 3.85. The predicted octanol–water partition coefficient (Wildman–Crippen LogP) is -0.498.